The molecule has 13 aromatic rings. The van der Waals surface area contributed by atoms with Gasteiger partial charge in [0.25, 0.3) is 0 Å². The van der Waals surface area contributed by atoms with Gasteiger partial charge in [0.05, 0.1) is 87.5 Å². The second kappa shape index (κ2) is 56.6. The van der Waals surface area contributed by atoms with Crippen molar-refractivity contribution < 1.29 is 73.4 Å². The Bertz CT molecular complexity index is 5490. The lowest BCUT2D eigenvalue weighted by molar-refractivity contribution is -0.268. The predicted molar refractivity (Wildman–Crippen MR) is 560 cm³/mol. The van der Waals surface area contributed by atoms with E-state index in [2.05, 4.69) is 327 Å². The standard InChI is InChI=1S/C24H25O2S2.3C18H15S.C17H28O4.C10H16O4S.C7H6O3.C6H11F3N/c25-28(26,23-14-8-3-9-15-23)24-18-16-22(17-19-24)27(20-10-4-1-5-11-20)21-12-6-2-7-13-21;3*1-4-10-16(11-5-1)19(17-12-6-2-7-13-17)18-14-8-3-9-15-18;1-13(17(19)21-15-10-6-3-7-11-15)12-16(18)20-14-8-4-2-5-9-14;1-9(2)7-3-4-10(9,8(11)5-7)6-15(12,13)14;8-6-4-2-1-3-5(6)7(9)10;1-2-3-4-10-5-6(7,8)9/h1-2,4-7,10-13,16-19,23H,3,8-9,14-15H2;3*1-15H;13-15H,2-12H2,1H3;7H,3-6H2,1-2H3,(H,12,13,14);1-4,8H,(H,9,10);2-5H2,1H3/q4*+1;;;;-1/p-2. The third kappa shape index (κ3) is 34.2. The second-order valence-electron chi connectivity index (χ2n) is 35.7. The molecule has 0 amide bonds. The van der Waals surface area contributed by atoms with Crippen LogP contribution in [0.2, 0.25) is 0 Å². The number of ether oxygens (including phenoxy) is 2. The third-order valence-corrected chi connectivity index (χ3v) is 37.4. The molecule has 740 valence electrons. The fourth-order valence-electron chi connectivity index (χ4n) is 17.8. The van der Waals surface area contributed by atoms with Gasteiger partial charge in [0.1, 0.15) is 18.0 Å². The molecule has 3 atom stereocenters. The molecule has 141 heavy (non-hydrogen) atoms. The van der Waals surface area contributed by atoms with E-state index >= 15 is 0 Å². The maximum absolute atomic E-state index is 13.0. The molecule has 5 aliphatic rings. The van der Waals surface area contributed by atoms with Crippen LogP contribution in [0.3, 0.4) is 0 Å². The first-order chi connectivity index (χ1) is 68.1. The van der Waals surface area contributed by atoms with Crippen molar-refractivity contribution in [2.75, 3.05) is 18.8 Å². The molecule has 0 heterocycles. The van der Waals surface area contributed by atoms with Gasteiger partial charge in [-0.3, -0.25) is 14.4 Å². The molecule has 18 rings (SSSR count). The Hall–Kier alpha value is -11.3. The molecule has 3 unspecified atom stereocenters. The largest absolute Gasteiger partial charge is 0.872 e. The van der Waals surface area contributed by atoms with E-state index in [1.165, 1.54) is 91.0 Å². The summed E-state index contributed by atoms with van der Waals surface area (Å²) in [4.78, 5) is 62.3. The van der Waals surface area contributed by atoms with E-state index in [9.17, 15) is 58.8 Å². The van der Waals surface area contributed by atoms with Gasteiger partial charge in [-0.2, -0.15) is 13.2 Å². The molecule has 23 heteroatoms. The molecule has 5 saturated carbocycles. The number of ketones is 1. The van der Waals surface area contributed by atoms with Crippen LogP contribution in [-0.2, 0) is 87.4 Å². The molecule has 13 aromatic carbocycles. The van der Waals surface area contributed by atoms with Crippen LogP contribution in [0.5, 0.6) is 5.75 Å². The number of fused-ring (bicyclic) bond motifs is 2. The van der Waals surface area contributed by atoms with Crippen LogP contribution in [-0.4, -0.2) is 92.7 Å². The molecule has 5 fully saturated rings. The number of hydrogen-bond donors (Lipinski definition) is 1. The topological polar surface area (TPSA) is 235 Å². The molecule has 2 bridgehead atoms. The number of aromatic carboxylic acids is 1. The Morgan fingerprint density at radius 2 is 0.716 bits per heavy atom. The summed E-state index contributed by atoms with van der Waals surface area (Å²) in [6, 6.07) is 130. The number of carbonyl (C=O) groups is 4. The molecule has 5 aliphatic carbocycles. The van der Waals surface area contributed by atoms with Crippen LogP contribution in [0.4, 0.5) is 13.2 Å². The Kier molecular flexibility index (Phi) is 44.2. The number of halogens is 3. The molecule has 0 aromatic heterocycles. The summed E-state index contributed by atoms with van der Waals surface area (Å²) >= 11 is 0. The monoisotopic (exact) mass is 2020 g/mol. The Morgan fingerprint density at radius 1 is 0.426 bits per heavy atom. The Morgan fingerprint density at radius 3 is 0.979 bits per heavy atom. The van der Waals surface area contributed by atoms with Crippen LogP contribution in [0, 0.1) is 22.7 Å². The molecule has 0 spiro atoms. The average Bonchev–Trinajstić information content (AvgIpc) is 1.55. The van der Waals surface area contributed by atoms with Gasteiger partial charge in [0.15, 0.2) is 68.6 Å². The minimum atomic E-state index is -4.33. The summed E-state index contributed by atoms with van der Waals surface area (Å²) in [5, 5.41) is 22.1. The highest BCUT2D eigenvalue weighted by Crippen LogP contribution is 2.64. The number of nitrogens with zero attached hydrogens (tertiary/aromatic N) is 1. The maximum Gasteiger partial charge on any atom is 0.371 e. The van der Waals surface area contributed by atoms with E-state index in [1.807, 2.05) is 57.2 Å². The number of hydrogen-bond acceptors (Lipinski definition) is 12. The van der Waals surface area contributed by atoms with Gasteiger partial charge in [-0.05, 0) is 252 Å². The number of benzene rings is 13. The number of para-hydroxylation sites is 1. The summed E-state index contributed by atoms with van der Waals surface area (Å²) in [5.41, 5.74) is -1.40. The zero-order valence-corrected chi connectivity index (χ0v) is 85.5. The first-order valence-electron chi connectivity index (χ1n) is 48.6. The molecule has 1 N–H and O–H groups in total. The predicted octanol–water partition coefficient (Wildman–Crippen LogP) is 28.1. The van der Waals surface area contributed by atoms with Crippen molar-refractivity contribution in [2.45, 2.75) is 250 Å². The Labute approximate surface area is 844 Å². The van der Waals surface area contributed by atoms with Crippen molar-refractivity contribution >= 4 is 87.2 Å². The first kappa shape index (κ1) is 110. The molecular weight excluding hydrogens is 1890 g/mol. The van der Waals surface area contributed by atoms with Crippen LogP contribution >= 0.6 is 0 Å². The molecule has 0 aliphatic heterocycles. The average molecular weight is 2020 g/mol. The van der Waals surface area contributed by atoms with Gasteiger partial charge in [-0.25, -0.2) is 21.6 Å². The minimum Gasteiger partial charge on any atom is -0.872 e. The zero-order chi connectivity index (χ0) is 100. The van der Waals surface area contributed by atoms with Gasteiger partial charge in [-0.1, -0.05) is 303 Å². The quantitative estimate of drug-likeness (QED) is 0.0230. The van der Waals surface area contributed by atoms with Crippen molar-refractivity contribution in [3.63, 3.8) is 0 Å². The van der Waals surface area contributed by atoms with E-state index in [0.717, 1.165) is 108 Å². The van der Waals surface area contributed by atoms with Crippen molar-refractivity contribution in [1.82, 2.24) is 0 Å². The highest BCUT2D eigenvalue weighted by Gasteiger charge is 2.64. The summed E-state index contributed by atoms with van der Waals surface area (Å²) in [6.45, 7) is 6.85. The number of esters is 2. The number of sulfone groups is 1. The van der Waals surface area contributed by atoms with E-state index in [0.29, 0.717) is 24.3 Å². The van der Waals surface area contributed by atoms with Gasteiger partial charge in [0.2, 0.25) is 0 Å². The van der Waals surface area contributed by atoms with Crippen molar-refractivity contribution in [3.8, 4) is 5.75 Å². The number of unbranched alkanes of at least 4 members (excludes halogenated alkanes) is 1. The third-order valence-electron chi connectivity index (χ3n) is 25.3. The number of alkyl halides is 3. The zero-order valence-electron chi connectivity index (χ0n) is 80.6. The highest BCUT2D eigenvalue weighted by atomic mass is 32.2. The number of carboxylic acids is 1. The van der Waals surface area contributed by atoms with E-state index < -0.39 is 61.5 Å². The van der Waals surface area contributed by atoms with E-state index in [4.69, 9.17) is 14.6 Å². The maximum atomic E-state index is 13.0. The van der Waals surface area contributed by atoms with E-state index in [1.54, 1.807) is 6.92 Å². The van der Waals surface area contributed by atoms with Crippen LogP contribution < -0.4 is 5.11 Å². The second-order valence-corrected chi connectivity index (χ2v) is 47.5. The summed E-state index contributed by atoms with van der Waals surface area (Å²) in [6.07, 6.45) is 15.3. The van der Waals surface area contributed by atoms with Crippen LogP contribution in [0.25, 0.3) is 5.32 Å². The Balaban J connectivity index is 0.000000157. The lowest BCUT2D eigenvalue weighted by Crippen LogP contribution is -2.42. The lowest BCUT2D eigenvalue weighted by atomic mass is 9.70. The summed E-state index contributed by atoms with van der Waals surface area (Å²) in [5.74, 6) is -2.81. The van der Waals surface area contributed by atoms with Gasteiger partial charge in [-0.15, -0.1) is 6.54 Å². The van der Waals surface area contributed by atoms with Gasteiger partial charge >= 0.3 is 24.1 Å². The summed E-state index contributed by atoms with van der Waals surface area (Å²) < 4.78 is 104. The molecule has 14 nitrogen and oxygen atoms in total. The molecular formula is C118H129F3NO13S6+. The number of carboxylic acid groups (broad SMARTS) is 1. The van der Waals surface area contributed by atoms with Crippen LogP contribution in [0.15, 0.2) is 446 Å². The first-order valence-corrected chi connectivity index (χ1v) is 56.6. The van der Waals surface area contributed by atoms with Crippen molar-refractivity contribution in [2.24, 2.45) is 22.7 Å². The lowest BCUT2D eigenvalue weighted by Gasteiger charge is -2.37. The van der Waals surface area contributed by atoms with Gasteiger partial charge < -0.3 is 29.6 Å². The molecule has 0 radical (unpaired) electrons. The minimum absolute atomic E-state index is 0.0146. The SMILES string of the molecule is CC(CC(=O)OC1CCCCC1)C(=O)OC1CCCCC1.CC1(C)C2CCC1(CS(=O)(=O)[O-])C(=O)C2.CCCC[N-]CC(F)(F)F.O=C(O)c1ccccc1[O-].O=S(=O)(c1ccc([S+](c2ccccc2)c2ccccc2)cc1)C1CCCCC1.c1ccc([S+](c2ccccc2)c2ccccc2)cc1.c1ccc([S+](c2ccccc2)c2ccccc2)cc1.c1ccc([S+](c2ccccc2)c2ccccc2)cc1. The van der Waals surface area contributed by atoms with Crippen LogP contribution in [0.1, 0.15) is 173 Å². The fraction of sp³-hybridized carbons (Fsp3) is 0.305. The summed E-state index contributed by atoms with van der Waals surface area (Å²) in [7, 11) is -7.85. The fourth-order valence-corrected chi connectivity index (χ4v) is 29.4. The smallest absolute Gasteiger partial charge is 0.371 e. The molecule has 0 saturated heterocycles. The number of rotatable bonds is 26. The van der Waals surface area contributed by atoms with Gasteiger partial charge in [0, 0.05) is 11.8 Å². The number of carbonyl (C=O) groups excluding carboxylic acids is 3. The normalized spacial score (nSPS) is 16.3. The highest BCUT2D eigenvalue weighted by molar-refractivity contribution is 7.98. The van der Waals surface area contributed by atoms with Crippen molar-refractivity contribution in [3.05, 3.63) is 393 Å². The number of Topliss-reactive ketones (excluding diaryl/α,β-unsaturated/α-hetero) is 1. The van der Waals surface area contributed by atoms with E-state index in [-0.39, 0.29) is 102 Å². The van der Waals surface area contributed by atoms with Crippen molar-refractivity contribution in [1.29, 1.82) is 0 Å².